The van der Waals surface area contributed by atoms with Crippen LogP contribution < -0.4 is 0 Å². The molecule has 168 valence electrons. The second-order valence-electron chi connectivity index (χ2n) is 7.80. The van der Waals surface area contributed by atoms with Gasteiger partial charge in [-0.15, -0.1) is 0 Å². The van der Waals surface area contributed by atoms with Gasteiger partial charge in [-0.25, -0.2) is 8.78 Å². The maximum atomic E-state index is 13.5. The van der Waals surface area contributed by atoms with Crippen LogP contribution in [0.4, 0.5) is 8.78 Å². The van der Waals surface area contributed by atoms with Crippen molar-refractivity contribution < 1.29 is 22.5 Å². The minimum Gasteiger partial charge on any atom is -0.459 e. The molecule has 0 spiro atoms. The summed E-state index contributed by atoms with van der Waals surface area (Å²) in [5.41, 5.74) is 2.07. The van der Waals surface area contributed by atoms with Gasteiger partial charge in [0.2, 0.25) is 5.82 Å². The number of amides is 1. The van der Waals surface area contributed by atoms with E-state index in [0.717, 1.165) is 23.3 Å². The maximum absolute atomic E-state index is 13.5. The summed E-state index contributed by atoms with van der Waals surface area (Å²) in [5.74, 6) is -0.956. The van der Waals surface area contributed by atoms with Crippen LogP contribution in [0.15, 0.2) is 69.8 Å². The third-order valence-corrected chi connectivity index (χ3v) is 5.58. The first-order chi connectivity index (χ1) is 16.1. The van der Waals surface area contributed by atoms with Crippen molar-refractivity contribution in [3.05, 3.63) is 83.6 Å². The fourth-order valence-electron chi connectivity index (χ4n) is 3.83. The van der Waals surface area contributed by atoms with Gasteiger partial charge < -0.3 is 13.8 Å². The van der Waals surface area contributed by atoms with Gasteiger partial charge >= 0.3 is 0 Å². The monoisotopic (exact) mass is 450 g/mol. The number of aromatic nitrogens is 2. The first kappa shape index (κ1) is 21.0. The van der Waals surface area contributed by atoms with E-state index in [1.54, 1.807) is 23.3 Å². The Bertz CT molecular complexity index is 1260. The Morgan fingerprint density at radius 1 is 0.970 bits per heavy atom. The van der Waals surface area contributed by atoms with E-state index in [9.17, 15) is 13.6 Å². The van der Waals surface area contributed by atoms with E-state index in [1.807, 2.05) is 24.3 Å². The molecule has 0 atom stereocenters. The summed E-state index contributed by atoms with van der Waals surface area (Å²) in [6.07, 6.45) is 1.55. The second kappa shape index (κ2) is 8.95. The topological polar surface area (TPSA) is 75.6 Å². The number of rotatable bonds is 5. The van der Waals surface area contributed by atoms with Gasteiger partial charge in [0.1, 0.15) is 0 Å². The lowest BCUT2D eigenvalue weighted by Crippen LogP contribution is -2.48. The van der Waals surface area contributed by atoms with Crippen LogP contribution >= 0.6 is 0 Å². The fraction of sp³-hybridized carbons (Fsp3) is 0.208. The van der Waals surface area contributed by atoms with Crippen molar-refractivity contribution in [2.24, 2.45) is 0 Å². The van der Waals surface area contributed by atoms with E-state index in [-0.39, 0.29) is 11.5 Å². The molecule has 0 aliphatic carbocycles. The number of piperazine rings is 1. The lowest BCUT2D eigenvalue weighted by Gasteiger charge is -2.34. The van der Waals surface area contributed by atoms with Crippen LogP contribution in [0.3, 0.4) is 0 Å². The zero-order chi connectivity index (χ0) is 22.8. The smallest absolute Gasteiger partial charge is 0.293 e. The summed E-state index contributed by atoms with van der Waals surface area (Å²) in [4.78, 5) is 20.9. The highest BCUT2D eigenvalue weighted by Crippen LogP contribution is 2.23. The lowest BCUT2D eigenvalue weighted by atomic mass is 10.1. The van der Waals surface area contributed by atoms with Crippen LogP contribution in [0.2, 0.25) is 0 Å². The molecule has 33 heavy (non-hydrogen) atoms. The molecule has 0 saturated carbocycles. The average molecular weight is 450 g/mol. The summed E-state index contributed by atoms with van der Waals surface area (Å²) >= 11 is 0. The van der Waals surface area contributed by atoms with E-state index in [4.69, 9.17) is 8.94 Å². The Labute approximate surface area is 188 Å². The molecule has 1 fully saturated rings. The van der Waals surface area contributed by atoms with Gasteiger partial charge in [0.15, 0.2) is 17.4 Å². The lowest BCUT2D eigenvalue weighted by molar-refractivity contribution is 0.0628. The molecule has 2 aromatic heterocycles. The molecular formula is C24H20F2N4O3. The fourth-order valence-corrected chi connectivity index (χ4v) is 3.83. The Hall–Kier alpha value is -3.85. The predicted molar refractivity (Wildman–Crippen MR) is 115 cm³/mol. The third kappa shape index (κ3) is 4.54. The van der Waals surface area contributed by atoms with E-state index >= 15 is 0 Å². The van der Waals surface area contributed by atoms with Crippen LogP contribution in [-0.4, -0.2) is 52.0 Å². The first-order valence-electron chi connectivity index (χ1n) is 10.5. The Kier molecular flexibility index (Phi) is 5.70. The minimum absolute atomic E-state index is 0.157. The molecule has 0 bridgehead atoms. The van der Waals surface area contributed by atoms with Crippen molar-refractivity contribution >= 4 is 5.91 Å². The highest BCUT2D eigenvalue weighted by Gasteiger charge is 2.23. The molecule has 7 nitrogen and oxygen atoms in total. The van der Waals surface area contributed by atoms with Crippen molar-refractivity contribution in [3.8, 4) is 23.0 Å². The number of carbonyl (C=O) groups excluding carboxylic acids is 1. The Morgan fingerprint density at radius 2 is 1.82 bits per heavy atom. The number of hydrogen-bond donors (Lipinski definition) is 0. The van der Waals surface area contributed by atoms with Crippen LogP contribution in [0.5, 0.6) is 0 Å². The molecule has 0 N–H and O–H groups in total. The van der Waals surface area contributed by atoms with Gasteiger partial charge in [0.25, 0.3) is 11.8 Å². The van der Waals surface area contributed by atoms with E-state index < -0.39 is 11.6 Å². The molecule has 1 aliphatic rings. The van der Waals surface area contributed by atoms with Gasteiger partial charge in [0.05, 0.1) is 6.26 Å². The van der Waals surface area contributed by atoms with Crippen LogP contribution in [0.25, 0.3) is 23.0 Å². The van der Waals surface area contributed by atoms with Crippen LogP contribution in [0, 0.1) is 11.6 Å². The van der Waals surface area contributed by atoms with E-state index in [0.29, 0.717) is 50.2 Å². The zero-order valence-electron chi connectivity index (χ0n) is 17.6. The van der Waals surface area contributed by atoms with Gasteiger partial charge in [-0.2, -0.15) is 4.98 Å². The number of carbonyl (C=O) groups is 1. The molecule has 0 unspecified atom stereocenters. The average Bonchev–Trinajstić information content (AvgIpc) is 3.53. The largest absolute Gasteiger partial charge is 0.459 e. The van der Waals surface area contributed by atoms with Crippen molar-refractivity contribution in [3.63, 3.8) is 0 Å². The predicted octanol–water partition coefficient (Wildman–Crippen LogP) is 4.23. The van der Waals surface area contributed by atoms with Crippen molar-refractivity contribution in [2.75, 3.05) is 26.2 Å². The standard InChI is InChI=1S/C24H20F2N4O3/c25-19-7-6-18(14-20(19)26)24(31)30-10-8-29(9-11-30)15-16-3-1-4-17(13-16)22-27-23(33-28-22)21-5-2-12-32-21/h1-7,12-14H,8-11,15H2. The van der Waals surface area contributed by atoms with Crippen LogP contribution in [0.1, 0.15) is 15.9 Å². The number of nitrogens with zero attached hydrogens (tertiary/aromatic N) is 4. The molecule has 9 heteroatoms. The van der Waals surface area contributed by atoms with Gasteiger partial charge in [-0.05, 0) is 42.0 Å². The van der Waals surface area contributed by atoms with Crippen LogP contribution in [-0.2, 0) is 6.54 Å². The van der Waals surface area contributed by atoms with Crippen molar-refractivity contribution in [1.82, 2.24) is 19.9 Å². The van der Waals surface area contributed by atoms with Crippen molar-refractivity contribution in [1.29, 1.82) is 0 Å². The number of hydrogen-bond acceptors (Lipinski definition) is 6. The summed E-state index contributed by atoms with van der Waals surface area (Å²) < 4.78 is 37.2. The molecular weight excluding hydrogens is 430 g/mol. The molecule has 4 aromatic rings. The maximum Gasteiger partial charge on any atom is 0.293 e. The quantitative estimate of drug-likeness (QED) is 0.453. The first-order valence-corrected chi connectivity index (χ1v) is 10.5. The Balaban J connectivity index is 1.21. The molecule has 1 aliphatic heterocycles. The summed E-state index contributed by atoms with van der Waals surface area (Å²) in [6, 6.07) is 14.6. The van der Waals surface area contributed by atoms with Crippen molar-refractivity contribution in [2.45, 2.75) is 6.54 Å². The zero-order valence-corrected chi connectivity index (χ0v) is 17.6. The highest BCUT2D eigenvalue weighted by atomic mass is 19.2. The Morgan fingerprint density at radius 3 is 2.58 bits per heavy atom. The van der Waals surface area contributed by atoms with E-state index in [1.165, 1.54) is 6.07 Å². The third-order valence-electron chi connectivity index (χ3n) is 5.58. The molecule has 2 aromatic carbocycles. The molecule has 0 radical (unpaired) electrons. The number of benzene rings is 2. The van der Waals surface area contributed by atoms with Gasteiger partial charge in [0, 0.05) is 43.9 Å². The highest BCUT2D eigenvalue weighted by molar-refractivity contribution is 5.94. The summed E-state index contributed by atoms with van der Waals surface area (Å²) in [6.45, 7) is 3.06. The molecule has 3 heterocycles. The molecule has 5 rings (SSSR count). The van der Waals surface area contributed by atoms with Gasteiger partial charge in [-0.1, -0.05) is 23.4 Å². The minimum atomic E-state index is -1.02. The molecule has 1 saturated heterocycles. The summed E-state index contributed by atoms with van der Waals surface area (Å²) in [7, 11) is 0. The summed E-state index contributed by atoms with van der Waals surface area (Å²) in [5, 5.41) is 4.05. The SMILES string of the molecule is O=C(c1ccc(F)c(F)c1)N1CCN(Cc2cccc(-c3noc(-c4ccco4)n3)c2)CC1. The van der Waals surface area contributed by atoms with E-state index in [2.05, 4.69) is 15.0 Å². The van der Waals surface area contributed by atoms with Gasteiger partial charge in [-0.3, -0.25) is 9.69 Å². The number of halogens is 2. The normalized spacial score (nSPS) is 14.5. The number of furan rings is 1. The molecule has 1 amide bonds. The second-order valence-corrected chi connectivity index (χ2v) is 7.80.